The Morgan fingerprint density at radius 2 is 0.928 bits per heavy atom. The number of ether oxygens (including phenoxy) is 2. The van der Waals surface area contributed by atoms with Crippen molar-refractivity contribution in [3.63, 3.8) is 0 Å². The van der Waals surface area contributed by atoms with Gasteiger partial charge in [-0.15, -0.1) is 0 Å². The predicted octanol–water partition coefficient (Wildman–Crippen LogP) is 9.63. The van der Waals surface area contributed by atoms with Gasteiger partial charge in [0.15, 0.2) is 0 Å². The quantitative estimate of drug-likeness (QED) is 0.156. The summed E-state index contributed by atoms with van der Waals surface area (Å²) in [6.45, 7) is -0.0269. The Hall–Kier alpha value is -8.52. The van der Waals surface area contributed by atoms with Crippen LogP contribution in [0, 0.1) is 0 Å². The average molecular weight is 943 g/mol. The fraction of sp³-hybridized carbons (Fsp3) is 0. The summed E-state index contributed by atoms with van der Waals surface area (Å²) in [4.78, 5) is 5.41. The topological polar surface area (TPSA) is 45.6 Å². The number of aromatic nitrogens is 4. The summed E-state index contributed by atoms with van der Waals surface area (Å²) in [6.07, 6.45) is 0. The molecule has 0 spiro atoms. The molecule has 2 aliphatic rings. The maximum atomic E-state index is 6.89. The minimum absolute atomic E-state index is 0.0269. The van der Waals surface area contributed by atoms with Crippen molar-refractivity contribution in [2.75, 3.05) is 0 Å². The molecule has 0 fully saturated rings. The van der Waals surface area contributed by atoms with Crippen LogP contribution in [0.1, 0.15) is 0 Å². The van der Waals surface area contributed by atoms with Gasteiger partial charge in [-0.1, -0.05) is 42.5 Å². The molecule has 0 saturated carbocycles. The van der Waals surface area contributed by atoms with Crippen molar-refractivity contribution < 1.29 is 9.47 Å². The predicted molar refractivity (Wildman–Crippen MR) is 285 cm³/mol. The maximum absolute atomic E-state index is 6.89. The summed E-state index contributed by atoms with van der Waals surface area (Å²) >= 11 is -3.60. The molecule has 6 nitrogen and oxygen atoms in total. The van der Waals surface area contributed by atoms with Crippen molar-refractivity contribution in [2.24, 2.45) is 0 Å². The third-order valence-corrected chi connectivity index (χ3v) is 24.7. The Morgan fingerprint density at radius 3 is 1.58 bits per heavy atom. The zero-order valence-electron chi connectivity index (χ0n) is 37.2. The second-order valence-corrected chi connectivity index (χ2v) is 26.2. The van der Waals surface area contributed by atoms with Crippen molar-refractivity contribution in [3.8, 4) is 34.4 Å². The van der Waals surface area contributed by atoms with E-state index in [0.29, 0.717) is 0 Å². The number of benzene rings is 10. The number of para-hydroxylation sites is 6. The van der Waals surface area contributed by atoms with E-state index in [1.165, 1.54) is 28.4 Å². The van der Waals surface area contributed by atoms with Gasteiger partial charge >= 0.3 is 319 Å². The summed E-state index contributed by atoms with van der Waals surface area (Å²) in [7, 11) is 0. The van der Waals surface area contributed by atoms with Crippen molar-refractivity contribution in [1.29, 1.82) is 0 Å². The van der Waals surface area contributed by atoms with Crippen LogP contribution in [-0.4, -0.2) is 38.5 Å². The Morgan fingerprint density at radius 1 is 0.391 bits per heavy atom. The van der Waals surface area contributed by atoms with Gasteiger partial charge in [0, 0.05) is 0 Å². The van der Waals surface area contributed by atoms with Crippen LogP contribution in [-0.2, 0) is 0 Å². The van der Waals surface area contributed by atoms with E-state index in [-0.39, 0.29) is 6.71 Å². The fourth-order valence-electron chi connectivity index (χ4n) is 11.9. The van der Waals surface area contributed by atoms with E-state index in [1.54, 1.807) is 0 Å². The normalized spacial score (nSPS) is 12.8. The molecule has 0 aliphatic carbocycles. The molecule has 0 N–H and O–H groups in total. The summed E-state index contributed by atoms with van der Waals surface area (Å²) in [5, 5.41) is 2.42. The number of hydrogen-bond donors (Lipinski definition) is 0. The molecule has 5 heterocycles. The van der Waals surface area contributed by atoms with Crippen LogP contribution in [0.15, 0.2) is 237 Å². The van der Waals surface area contributed by atoms with Gasteiger partial charge in [-0.3, -0.25) is 0 Å². The van der Waals surface area contributed by atoms with Crippen LogP contribution < -0.4 is 43.4 Å². The SMILES string of the molecule is c1cc[c]([Ge]([c]2ccccc2)([c]2ccccc2)[c]2ccc3c(c2)c2ccccc2n3-c2cccc3c2n(-c2cc4c5c(c2)Oc2ccccc2B5c2ccccc2O4)c2nc4ccccc4n32)cc1. The fourth-order valence-corrected chi connectivity index (χ4v) is 21.9. The Balaban J connectivity index is 1.02. The van der Waals surface area contributed by atoms with Crippen LogP contribution in [0.3, 0.4) is 0 Å². The van der Waals surface area contributed by atoms with Crippen molar-refractivity contribution in [1.82, 2.24) is 18.5 Å². The first-order valence-electron chi connectivity index (χ1n) is 23.6. The molecule has 322 valence electrons. The Kier molecular flexibility index (Phi) is 8.24. The molecule has 2 aliphatic heterocycles. The van der Waals surface area contributed by atoms with E-state index in [2.05, 4.69) is 238 Å². The molecule has 10 aromatic carbocycles. The minimum atomic E-state index is -3.60. The molecule has 0 unspecified atom stereocenters. The molecule has 0 bridgehead atoms. The second-order valence-electron chi connectivity index (χ2n) is 18.2. The molecule has 69 heavy (non-hydrogen) atoms. The van der Waals surface area contributed by atoms with Gasteiger partial charge in [0.05, 0.1) is 0 Å². The van der Waals surface area contributed by atoms with E-state index in [1.807, 2.05) is 12.1 Å². The van der Waals surface area contributed by atoms with Crippen LogP contribution in [0.25, 0.3) is 61.0 Å². The van der Waals surface area contributed by atoms with Crippen molar-refractivity contribution in [3.05, 3.63) is 237 Å². The molecule has 3 aromatic heterocycles. The molecular formula is C61H39BGeN4O2. The van der Waals surface area contributed by atoms with Gasteiger partial charge in [-0.25, -0.2) is 0 Å². The molecule has 13 aromatic rings. The molecule has 0 radical (unpaired) electrons. The molecule has 15 rings (SSSR count). The van der Waals surface area contributed by atoms with Crippen LogP contribution >= 0.6 is 0 Å². The first-order chi connectivity index (χ1) is 34.2. The Labute approximate surface area is 400 Å². The van der Waals surface area contributed by atoms with Crippen LogP contribution in [0.2, 0.25) is 0 Å². The summed E-state index contributed by atoms with van der Waals surface area (Å²) in [5.41, 5.74) is 11.6. The van der Waals surface area contributed by atoms with Gasteiger partial charge < -0.3 is 0 Å². The van der Waals surface area contributed by atoms with Crippen LogP contribution in [0.4, 0.5) is 0 Å². The molecule has 8 heteroatoms. The van der Waals surface area contributed by atoms with E-state index in [4.69, 9.17) is 14.5 Å². The average Bonchev–Trinajstić information content (AvgIpc) is 4.07. The monoisotopic (exact) mass is 944 g/mol. The standard InChI is InChI=1S/C61H39BGeN4O2/c1-4-19-40(20-5-1)63(41-21-6-2-7-22-41,42-23-8-3-9-24-42)43-35-36-51-46(37-43)45-25-10-14-29-50(45)66(51)53-31-18-32-54-60(53)65(61-64-49-28-13-15-30-52(49)67(54)61)44-38-57-59-58(39-44)69-56-34-17-12-27-48(56)62(59)47-26-11-16-33-55(47)68-57/h1-39H. The van der Waals surface area contributed by atoms with E-state index < -0.39 is 13.3 Å². The third kappa shape index (κ3) is 5.42. The number of nitrogens with zero attached hydrogens (tertiary/aromatic N) is 4. The molecular weight excluding hydrogens is 904 g/mol. The number of fused-ring (bicyclic) bond motifs is 12. The number of rotatable bonds is 6. The second kappa shape index (κ2) is 14.7. The first kappa shape index (κ1) is 38.6. The van der Waals surface area contributed by atoms with Crippen molar-refractivity contribution >= 4 is 104 Å². The first-order valence-corrected chi connectivity index (χ1v) is 27.8. The van der Waals surface area contributed by atoms with E-state index in [0.717, 1.165) is 89.6 Å². The van der Waals surface area contributed by atoms with E-state index in [9.17, 15) is 0 Å². The Bertz CT molecular complexity index is 4050. The number of hydrogen-bond acceptors (Lipinski definition) is 3. The summed E-state index contributed by atoms with van der Waals surface area (Å²) < 4.78 is 26.4. The number of imidazole rings is 2. The summed E-state index contributed by atoms with van der Waals surface area (Å²) in [5.74, 6) is 4.08. The van der Waals surface area contributed by atoms with Gasteiger partial charge in [0.1, 0.15) is 11.5 Å². The van der Waals surface area contributed by atoms with E-state index >= 15 is 0 Å². The molecule has 0 atom stereocenters. The molecule has 0 saturated heterocycles. The molecule has 0 amide bonds. The van der Waals surface area contributed by atoms with Crippen LogP contribution in [0.5, 0.6) is 23.0 Å². The third-order valence-electron chi connectivity index (χ3n) is 14.7. The van der Waals surface area contributed by atoms with Gasteiger partial charge in [0.2, 0.25) is 0 Å². The van der Waals surface area contributed by atoms with Gasteiger partial charge in [-0.05, 0) is 23.1 Å². The zero-order chi connectivity index (χ0) is 45.2. The summed E-state index contributed by atoms with van der Waals surface area (Å²) in [6, 6.07) is 86.2. The zero-order valence-corrected chi connectivity index (χ0v) is 39.3. The van der Waals surface area contributed by atoms with Crippen molar-refractivity contribution in [2.45, 2.75) is 0 Å². The van der Waals surface area contributed by atoms with Gasteiger partial charge in [-0.2, -0.15) is 0 Å². The van der Waals surface area contributed by atoms with Gasteiger partial charge in [0.25, 0.3) is 6.71 Å².